The summed E-state index contributed by atoms with van der Waals surface area (Å²) in [4.78, 5) is 0. The zero-order chi connectivity index (χ0) is 24.3. The van der Waals surface area contributed by atoms with Gasteiger partial charge in [-0.2, -0.15) is 0 Å². The fourth-order valence-corrected chi connectivity index (χ4v) is 7.99. The number of hydrogen-bond donors (Lipinski definition) is 0. The van der Waals surface area contributed by atoms with Crippen LogP contribution >= 0.6 is 0 Å². The monoisotopic (exact) mass is 502 g/mol. The van der Waals surface area contributed by atoms with Gasteiger partial charge in [0, 0.05) is 0 Å². The Labute approximate surface area is 219 Å². The van der Waals surface area contributed by atoms with E-state index < -0.39 is 0 Å². The van der Waals surface area contributed by atoms with E-state index in [1.165, 1.54) is 72.3 Å². The van der Waals surface area contributed by atoms with Crippen LogP contribution in [0.15, 0.2) is 24.3 Å². The Kier molecular flexibility index (Phi) is 5.74. The van der Waals surface area contributed by atoms with Crippen LogP contribution in [0.5, 0.6) is 11.5 Å². The first-order chi connectivity index (χ1) is 18.4. The van der Waals surface area contributed by atoms with Crippen LogP contribution in [0.25, 0.3) is 0 Å². The van der Waals surface area contributed by atoms with Gasteiger partial charge in [0.2, 0.25) is 0 Å². The van der Waals surface area contributed by atoms with Crippen molar-refractivity contribution in [2.45, 2.75) is 74.0 Å². The predicted octanol–water partition coefficient (Wildman–Crippen LogP) is 6.12. The molecule has 1 aliphatic heterocycles. The number of hydrogen-bond acceptors (Lipinski definition) is 5. The van der Waals surface area contributed by atoms with E-state index in [9.17, 15) is 0 Å². The molecule has 6 unspecified atom stereocenters. The van der Waals surface area contributed by atoms with Gasteiger partial charge in [0.15, 0.2) is 0 Å². The maximum absolute atomic E-state index is 6.71. The van der Waals surface area contributed by atoms with E-state index in [1.807, 2.05) is 0 Å². The van der Waals surface area contributed by atoms with Gasteiger partial charge in [-0.1, -0.05) is 24.3 Å². The largest absolute Gasteiger partial charge is 0.491 e. The van der Waals surface area contributed by atoms with E-state index in [0.29, 0.717) is 88.4 Å². The Morgan fingerprint density at radius 2 is 0.676 bits per heavy atom. The van der Waals surface area contributed by atoms with E-state index in [1.54, 1.807) is 11.1 Å². The molecule has 7 aliphatic rings. The van der Waals surface area contributed by atoms with Gasteiger partial charge in [0.1, 0.15) is 24.7 Å². The van der Waals surface area contributed by atoms with E-state index in [4.69, 9.17) is 23.7 Å². The molecule has 3 saturated carbocycles. The van der Waals surface area contributed by atoms with Crippen molar-refractivity contribution in [2.24, 2.45) is 0 Å². The Hall–Kier alpha value is -2.08. The molecule has 6 atom stereocenters. The molecule has 0 saturated heterocycles. The van der Waals surface area contributed by atoms with Gasteiger partial charge >= 0.3 is 0 Å². The van der Waals surface area contributed by atoms with E-state index >= 15 is 0 Å². The molecule has 2 aromatic carbocycles. The quantitative estimate of drug-likeness (QED) is 0.434. The van der Waals surface area contributed by atoms with Crippen LogP contribution in [0.2, 0.25) is 0 Å². The Morgan fingerprint density at radius 1 is 0.378 bits per heavy atom. The lowest BCUT2D eigenvalue weighted by Gasteiger charge is -2.48. The lowest BCUT2D eigenvalue weighted by Crippen LogP contribution is -2.32. The number of ether oxygens (including phenoxy) is 5. The number of rotatable bonds is 0. The van der Waals surface area contributed by atoms with Crippen LogP contribution in [0.3, 0.4) is 0 Å². The average molecular weight is 503 g/mol. The Balaban J connectivity index is 1.30. The third-order valence-electron chi connectivity index (χ3n) is 10.3. The summed E-state index contributed by atoms with van der Waals surface area (Å²) < 4.78 is 30.8. The molecule has 37 heavy (non-hydrogen) atoms. The van der Waals surface area contributed by atoms with Crippen molar-refractivity contribution in [3.8, 4) is 11.5 Å². The smallest absolute Gasteiger partial charge is 0.126 e. The molecule has 2 aromatic rings. The van der Waals surface area contributed by atoms with Crippen LogP contribution in [0, 0.1) is 0 Å². The molecule has 196 valence electrons. The Morgan fingerprint density at radius 3 is 0.973 bits per heavy atom. The highest BCUT2D eigenvalue weighted by Crippen LogP contribution is 2.64. The summed E-state index contributed by atoms with van der Waals surface area (Å²) in [6.45, 7) is 4.70. The van der Waals surface area contributed by atoms with Gasteiger partial charge in [-0.3, -0.25) is 0 Å². The minimum atomic E-state index is 0.500. The molecule has 5 nitrogen and oxygen atoms in total. The molecular weight excluding hydrogens is 464 g/mol. The third kappa shape index (κ3) is 3.68. The summed E-state index contributed by atoms with van der Waals surface area (Å²) in [5.41, 5.74) is 9.00. The zero-order valence-electron chi connectivity index (χ0n) is 21.7. The minimum Gasteiger partial charge on any atom is -0.491 e. The second-order valence-corrected chi connectivity index (χ2v) is 12.0. The van der Waals surface area contributed by atoms with Crippen molar-refractivity contribution in [3.05, 3.63) is 57.6 Å². The molecule has 0 aromatic heterocycles. The summed E-state index contributed by atoms with van der Waals surface area (Å²) >= 11 is 0. The van der Waals surface area contributed by atoms with Crippen LogP contribution in [-0.2, 0) is 14.2 Å². The summed E-state index contributed by atoms with van der Waals surface area (Å²) in [7, 11) is 0. The summed E-state index contributed by atoms with van der Waals surface area (Å²) in [5.74, 6) is 5.63. The first-order valence-electron chi connectivity index (χ1n) is 14.7. The van der Waals surface area contributed by atoms with E-state index in [-0.39, 0.29) is 0 Å². The summed E-state index contributed by atoms with van der Waals surface area (Å²) in [5, 5.41) is 0. The standard InChI is InChI=1S/C32H38O5/c1-2-22-20-17-29-25-5-3-23(25)27-15-19(21(1)22)16-28-24-4-6-26(24)30(18-20)32(29)37-14-12-35-10-8-33-7-9-34-11-13-36-31(27)28/h15-18,21-26H,1-14H2. The van der Waals surface area contributed by atoms with Gasteiger partial charge < -0.3 is 23.7 Å². The van der Waals surface area contributed by atoms with Gasteiger partial charge in [0.05, 0.1) is 39.6 Å². The maximum Gasteiger partial charge on any atom is 0.126 e. The predicted molar refractivity (Wildman–Crippen MR) is 140 cm³/mol. The van der Waals surface area contributed by atoms with Gasteiger partial charge in [-0.25, -0.2) is 0 Å². The van der Waals surface area contributed by atoms with Crippen molar-refractivity contribution in [3.63, 3.8) is 0 Å². The molecule has 3 fully saturated rings. The third-order valence-corrected chi connectivity index (χ3v) is 10.3. The molecule has 5 heteroatoms. The first kappa shape index (κ1) is 22.9. The SMILES string of the molecule is c1c2cc3c4c1C1CCC1c1cc(cc(c1OCCOCCOCCOCCO4)C1CCC31)C1CCC21. The van der Waals surface area contributed by atoms with Crippen molar-refractivity contribution in [1.82, 2.24) is 0 Å². The first-order valence-corrected chi connectivity index (χ1v) is 14.7. The molecule has 0 radical (unpaired) electrons. The van der Waals surface area contributed by atoms with Crippen molar-refractivity contribution in [2.75, 3.05) is 52.9 Å². The topological polar surface area (TPSA) is 46.2 Å². The second-order valence-electron chi connectivity index (χ2n) is 12.0. The summed E-state index contributed by atoms with van der Waals surface area (Å²) in [6, 6.07) is 10.2. The van der Waals surface area contributed by atoms with Crippen LogP contribution in [0.1, 0.15) is 107 Å². The van der Waals surface area contributed by atoms with Crippen LogP contribution in [0.4, 0.5) is 0 Å². The fraction of sp³-hybridized carbons (Fsp3) is 0.625. The normalized spacial score (nSPS) is 34.2. The second kappa shape index (κ2) is 9.29. The molecule has 9 rings (SSSR count). The average Bonchev–Trinajstić information content (AvgIpc) is 2.81. The van der Waals surface area contributed by atoms with Gasteiger partial charge in [0.25, 0.3) is 0 Å². The van der Waals surface area contributed by atoms with Crippen molar-refractivity contribution in [1.29, 1.82) is 0 Å². The van der Waals surface area contributed by atoms with E-state index in [2.05, 4.69) is 24.3 Å². The highest BCUT2D eigenvalue weighted by Gasteiger charge is 2.47. The van der Waals surface area contributed by atoms with Crippen molar-refractivity contribution >= 4 is 0 Å². The molecule has 6 aliphatic carbocycles. The van der Waals surface area contributed by atoms with Gasteiger partial charge in [-0.15, -0.1) is 0 Å². The number of benzene rings is 2. The maximum atomic E-state index is 6.71. The lowest BCUT2D eigenvalue weighted by atomic mass is 9.57. The highest BCUT2D eigenvalue weighted by molar-refractivity contribution is 5.60. The van der Waals surface area contributed by atoms with Crippen LogP contribution in [-0.4, -0.2) is 52.9 Å². The molecule has 1 heterocycles. The molecule has 0 spiro atoms. The zero-order valence-corrected chi connectivity index (χ0v) is 21.7. The lowest BCUT2D eigenvalue weighted by molar-refractivity contribution is 0.00493. The Bertz CT molecular complexity index is 1040. The van der Waals surface area contributed by atoms with Gasteiger partial charge in [-0.05, 0) is 107 Å². The molecule has 0 amide bonds. The van der Waals surface area contributed by atoms with Crippen LogP contribution < -0.4 is 9.47 Å². The van der Waals surface area contributed by atoms with E-state index in [0.717, 1.165) is 0 Å². The fourth-order valence-electron chi connectivity index (χ4n) is 7.99. The summed E-state index contributed by atoms with van der Waals surface area (Å²) in [6.07, 6.45) is 7.48. The highest BCUT2D eigenvalue weighted by atomic mass is 16.6. The molecule has 0 N–H and O–H groups in total. The minimum absolute atomic E-state index is 0.500. The molecular formula is C32H38O5. The molecule has 8 bridgehead atoms. The van der Waals surface area contributed by atoms with Crippen molar-refractivity contribution < 1.29 is 23.7 Å².